The van der Waals surface area contributed by atoms with Gasteiger partial charge in [-0.25, -0.2) is 14.2 Å². The Bertz CT molecular complexity index is 585. The van der Waals surface area contributed by atoms with Crippen LogP contribution < -0.4 is 11.3 Å². The van der Waals surface area contributed by atoms with Crippen LogP contribution in [0, 0.1) is 11.6 Å². The van der Waals surface area contributed by atoms with Gasteiger partial charge >= 0.3 is 0 Å². The Labute approximate surface area is 119 Å². The van der Waals surface area contributed by atoms with E-state index in [1.165, 1.54) is 6.07 Å². The van der Waals surface area contributed by atoms with E-state index in [9.17, 15) is 8.78 Å². The van der Waals surface area contributed by atoms with Gasteiger partial charge in [0.15, 0.2) is 11.6 Å². The molecule has 0 spiro atoms. The van der Waals surface area contributed by atoms with Crippen molar-refractivity contribution >= 4 is 23.2 Å². The highest BCUT2D eigenvalue weighted by Gasteiger charge is 2.20. The molecule has 6 heteroatoms. The van der Waals surface area contributed by atoms with Gasteiger partial charge in [0.05, 0.1) is 6.04 Å². The molecule has 1 atom stereocenters. The molecule has 2 nitrogen and oxygen atoms in total. The third-order valence-corrected chi connectivity index (χ3v) is 3.39. The van der Waals surface area contributed by atoms with Crippen molar-refractivity contribution in [1.82, 2.24) is 5.43 Å². The molecule has 2 aromatic rings. The molecule has 2 rings (SSSR count). The van der Waals surface area contributed by atoms with Gasteiger partial charge in [-0.05, 0) is 29.8 Å². The van der Waals surface area contributed by atoms with E-state index in [2.05, 4.69) is 5.43 Å². The summed E-state index contributed by atoms with van der Waals surface area (Å²) in [6.07, 6.45) is 0. The number of halogens is 4. The first-order valence-corrected chi connectivity index (χ1v) is 6.15. The highest BCUT2D eigenvalue weighted by Crippen LogP contribution is 2.33. The van der Waals surface area contributed by atoms with E-state index < -0.39 is 17.7 Å². The molecule has 0 radical (unpaired) electrons. The summed E-state index contributed by atoms with van der Waals surface area (Å²) in [5.41, 5.74) is 3.45. The number of hydrazine groups is 1. The molecule has 0 fully saturated rings. The van der Waals surface area contributed by atoms with E-state index in [0.717, 1.165) is 12.1 Å². The fourth-order valence-electron chi connectivity index (χ4n) is 1.82. The number of nitrogens with two attached hydrogens (primary N) is 1. The van der Waals surface area contributed by atoms with Gasteiger partial charge in [-0.3, -0.25) is 5.84 Å². The first-order chi connectivity index (χ1) is 9.04. The smallest absolute Gasteiger partial charge is 0.159 e. The predicted octanol–water partition coefficient (Wildman–Crippen LogP) is 3.82. The lowest BCUT2D eigenvalue weighted by atomic mass is 9.99. The van der Waals surface area contributed by atoms with Crippen molar-refractivity contribution in [1.29, 1.82) is 0 Å². The summed E-state index contributed by atoms with van der Waals surface area (Å²) in [5, 5.41) is 0.778. The third kappa shape index (κ3) is 2.87. The fraction of sp³-hybridized carbons (Fsp3) is 0.0769. The summed E-state index contributed by atoms with van der Waals surface area (Å²) in [6, 6.07) is 7.85. The molecule has 0 saturated carbocycles. The highest BCUT2D eigenvalue weighted by molar-refractivity contribution is 6.36. The number of rotatable bonds is 3. The normalized spacial score (nSPS) is 12.5. The second-order valence-electron chi connectivity index (χ2n) is 3.91. The summed E-state index contributed by atoms with van der Waals surface area (Å²) in [5.74, 6) is 3.60. The number of hydrogen-bond donors (Lipinski definition) is 2. The van der Waals surface area contributed by atoms with Crippen LogP contribution in [-0.4, -0.2) is 0 Å². The first kappa shape index (κ1) is 14.2. The lowest BCUT2D eigenvalue weighted by Crippen LogP contribution is -2.29. The quantitative estimate of drug-likeness (QED) is 0.668. The van der Waals surface area contributed by atoms with Crippen LogP contribution in [0.4, 0.5) is 8.78 Å². The van der Waals surface area contributed by atoms with Gasteiger partial charge in [-0.15, -0.1) is 0 Å². The lowest BCUT2D eigenvalue weighted by Gasteiger charge is -2.19. The van der Waals surface area contributed by atoms with E-state index in [1.807, 2.05) is 0 Å². The molecule has 19 heavy (non-hydrogen) atoms. The Morgan fingerprint density at radius 2 is 1.63 bits per heavy atom. The van der Waals surface area contributed by atoms with Gasteiger partial charge in [0.1, 0.15) is 0 Å². The van der Waals surface area contributed by atoms with Crippen molar-refractivity contribution in [2.75, 3.05) is 0 Å². The van der Waals surface area contributed by atoms with Crippen LogP contribution in [0.1, 0.15) is 17.2 Å². The third-order valence-electron chi connectivity index (χ3n) is 2.73. The van der Waals surface area contributed by atoms with Gasteiger partial charge in [0, 0.05) is 15.6 Å². The molecular formula is C13H10Cl2F2N2. The molecule has 0 heterocycles. The standard InChI is InChI=1S/C13H10Cl2F2N2/c14-8-2-1-3-9(15)12(8)13(19-18)7-4-5-10(16)11(17)6-7/h1-6,13,19H,18H2. The number of benzene rings is 2. The fourth-order valence-corrected chi connectivity index (χ4v) is 2.44. The molecule has 0 aromatic heterocycles. The Kier molecular flexibility index (Phi) is 4.37. The molecule has 3 N–H and O–H groups in total. The second kappa shape index (κ2) is 5.84. The van der Waals surface area contributed by atoms with Crippen molar-refractivity contribution in [2.24, 2.45) is 5.84 Å². The molecule has 1 unspecified atom stereocenters. The number of hydrogen-bond acceptors (Lipinski definition) is 2. The molecule has 0 bridgehead atoms. The Morgan fingerprint density at radius 1 is 1.00 bits per heavy atom. The van der Waals surface area contributed by atoms with Crippen LogP contribution in [0.25, 0.3) is 0 Å². The topological polar surface area (TPSA) is 38.0 Å². The van der Waals surface area contributed by atoms with Crippen LogP contribution in [-0.2, 0) is 0 Å². The molecule has 0 aliphatic carbocycles. The molecule has 0 saturated heterocycles. The monoisotopic (exact) mass is 302 g/mol. The average Bonchev–Trinajstić information content (AvgIpc) is 2.37. The Morgan fingerprint density at radius 3 is 2.16 bits per heavy atom. The summed E-state index contributed by atoms with van der Waals surface area (Å²) in [7, 11) is 0. The zero-order chi connectivity index (χ0) is 14.0. The van der Waals surface area contributed by atoms with Crippen LogP contribution in [0.15, 0.2) is 36.4 Å². The zero-order valence-electron chi connectivity index (χ0n) is 9.63. The average molecular weight is 303 g/mol. The minimum atomic E-state index is -0.957. The van der Waals surface area contributed by atoms with Crippen LogP contribution in [0.5, 0.6) is 0 Å². The van der Waals surface area contributed by atoms with Crippen molar-refractivity contribution in [3.8, 4) is 0 Å². The van der Waals surface area contributed by atoms with Gasteiger partial charge in [-0.1, -0.05) is 35.3 Å². The zero-order valence-corrected chi connectivity index (χ0v) is 11.1. The van der Waals surface area contributed by atoms with E-state index in [-0.39, 0.29) is 0 Å². The Balaban J connectivity index is 2.53. The first-order valence-electron chi connectivity index (χ1n) is 5.39. The van der Waals surface area contributed by atoms with Crippen molar-refractivity contribution in [3.05, 3.63) is 69.2 Å². The summed E-state index contributed by atoms with van der Waals surface area (Å²) in [4.78, 5) is 0. The maximum Gasteiger partial charge on any atom is 0.159 e. The van der Waals surface area contributed by atoms with Crippen LogP contribution in [0.2, 0.25) is 10.0 Å². The maximum absolute atomic E-state index is 13.3. The SMILES string of the molecule is NNC(c1ccc(F)c(F)c1)c1c(Cl)cccc1Cl. The van der Waals surface area contributed by atoms with E-state index in [1.54, 1.807) is 18.2 Å². The van der Waals surface area contributed by atoms with Crippen LogP contribution >= 0.6 is 23.2 Å². The van der Waals surface area contributed by atoms with Crippen molar-refractivity contribution < 1.29 is 8.78 Å². The minimum absolute atomic E-state index is 0.389. The van der Waals surface area contributed by atoms with E-state index in [0.29, 0.717) is 21.2 Å². The van der Waals surface area contributed by atoms with Crippen molar-refractivity contribution in [2.45, 2.75) is 6.04 Å². The van der Waals surface area contributed by atoms with E-state index >= 15 is 0 Å². The molecule has 0 amide bonds. The van der Waals surface area contributed by atoms with Gasteiger partial charge in [0.2, 0.25) is 0 Å². The van der Waals surface area contributed by atoms with Crippen molar-refractivity contribution in [3.63, 3.8) is 0 Å². The largest absolute Gasteiger partial charge is 0.271 e. The molecule has 0 aliphatic heterocycles. The molecule has 2 aromatic carbocycles. The summed E-state index contributed by atoms with van der Waals surface area (Å²) in [6.45, 7) is 0. The summed E-state index contributed by atoms with van der Waals surface area (Å²) < 4.78 is 26.2. The molecular weight excluding hydrogens is 293 g/mol. The minimum Gasteiger partial charge on any atom is -0.271 e. The van der Waals surface area contributed by atoms with Gasteiger partial charge in [0.25, 0.3) is 0 Å². The highest BCUT2D eigenvalue weighted by atomic mass is 35.5. The van der Waals surface area contributed by atoms with Gasteiger partial charge < -0.3 is 0 Å². The maximum atomic E-state index is 13.3. The Hall–Kier alpha value is -1.20. The predicted molar refractivity (Wildman–Crippen MR) is 72.0 cm³/mol. The number of nitrogens with one attached hydrogen (secondary N) is 1. The van der Waals surface area contributed by atoms with Gasteiger partial charge in [-0.2, -0.15) is 0 Å². The van der Waals surface area contributed by atoms with Crippen LogP contribution in [0.3, 0.4) is 0 Å². The van der Waals surface area contributed by atoms with E-state index in [4.69, 9.17) is 29.0 Å². The summed E-state index contributed by atoms with van der Waals surface area (Å²) >= 11 is 12.2. The lowest BCUT2D eigenvalue weighted by molar-refractivity contribution is 0.504. The molecule has 0 aliphatic rings. The molecule has 100 valence electrons. The second-order valence-corrected chi connectivity index (χ2v) is 4.72.